The molecule has 0 heterocycles. The van der Waals surface area contributed by atoms with Gasteiger partial charge in [-0.3, -0.25) is 0 Å². The Hall–Kier alpha value is -1.52. The lowest BCUT2D eigenvalue weighted by molar-refractivity contribution is 0.309. The molecule has 0 bridgehead atoms. The van der Waals surface area contributed by atoms with Crippen molar-refractivity contribution >= 4 is 15.9 Å². The lowest BCUT2D eigenvalue weighted by Gasteiger charge is -2.13. The van der Waals surface area contributed by atoms with Gasteiger partial charge in [-0.15, -0.1) is 0 Å². The van der Waals surface area contributed by atoms with Crippen molar-refractivity contribution in [3.05, 3.63) is 58.1 Å². The molecule has 0 aliphatic rings. The molecule has 4 heteroatoms. The second kappa shape index (κ2) is 8.81. The number of nitrogens with one attached hydrogen (secondary N) is 1. The van der Waals surface area contributed by atoms with Crippen molar-refractivity contribution in [3.8, 4) is 11.5 Å². The monoisotopic (exact) mass is 363 g/mol. The molecule has 118 valence electrons. The van der Waals surface area contributed by atoms with Crippen molar-refractivity contribution in [2.45, 2.75) is 19.9 Å². The smallest absolute Gasteiger partial charge is 0.174 e. The third kappa shape index (κ3) is 4.75. The molecule has 0 radical (unpaired) electrons. The van der Waals surface area contributed by atoms with E-state index < -0.39 is 0 Å². The van der Waals surface area contributed by atoms with Crippen LogP contribution in [0.3, 0.4) is 0 Å². The Bertz CT molecular complexity index is 587. The van der Waals surface area contributed by atoms with Crippen LogP contribution in [0.25, 0.3) is 0 Å². The lowest BCUT2D eigenvalue weighted by atomic mass is 10.1. The average molecular weight is 364 g/mol. The number of halogens is 1. The highest BCUT2D eigenvalue weighted by Crippen LogP contribution is 2.36. The molecule has 0 aliphatic heterocycles. The first-order valence-corrected chi connectivity index (χ1v) is 8.27. The summed E-state index contributed by atoms with van der Waals surface area (Å²) in [5.41, 5.74) is 2.52. The molecule has 2 rings (SSSR count). The summed E-state index contributed by atoms with van der Waals surface area (Å²) in [7, 11) is 1.65. The average Bonchev–Trinajstić information content (AvgIpc) is 2.53. The van der Waals surface area contributed by atoms with Crippen LogP contribution in [0.15, 0.2) is 46.9 Å². The van der Waals surface area contributed by atoms with Gasteiger partial charge in [-0.05, 0) is 59.1 Å². The van der Waals surface area contributed by atoms with Crippen molar-refractivity contribution in [2.24, 2.45) is 0 Å². The van der Waals surface area contributed by atoms with E-state index in [4.69, 9.17) is 9.47 Å². The molecule has 0 atom stereocenters. The van der Waals surface area contributed by atoms with Crippen LogP contribution < -0.4 is 14.8 Å². The summed E-state index contributed by atoms with van der Waals surface area (Å²) >= 11 is 3.54. The number of rotatable bonds is 8. The Labute approximate surface area is 140 Å². The zero-order valence-corrected chi connectivity index (χ0v) is 14.7. The summed E-state index contributed by atoms with van der Waals surface area (Å²) in [5, 5.41) is 3.47. The van der Waals surface area contributed by atoms with Gasteiger partial charge >= 0.3 is 0 Å². The fourth-order valence-corrected chi connectivity index (χ4v) is 2.95. The molecule has 0 unspecified atom stereocenters. The second-order valence-corrected chi connectivity index (χ2v) is 5.81. The molecule has 0 spiro atoms. The number of hydrogen-bond acceptors (Lipinski definition) is 3. The zero-order chi connectivity index (χ0) is 15.8. The van der Waals surface area contributed by atoms with Gasteiger partial charge in [0, 0.05) is 6.54 Å². The van der Waals surface area contributed by atoms with Gasteiger partial charge in [0.1, 0.15) is 0 Å². The van der Waals surface area contributed by atoms with E-state index in [1.807, 2.05) is 19.1 Å². The zero-order valence-electron chi connectivity index (χ0n) is 13.1. The third-order valence-electron chi connectivity index (χ3n) is 3.34. The second-order valence-electron chi connectivity index (χ2n) is 4.95. The fourth-order valence-electron chi connectivity index (χ4n) is 2.29. The number of methoxy groups -OCH3 is 1. The van der Waals surface area contributed by atoms with E-state index in [0.29, 0.717) is 6.61 Å². The molecule has 0 aliphatic carbocycles. The van der Waals surface area contributed by atoms with Crippen LogP contribution in [0.5, 0.6) is 11.5 Å². The summed E-state index contributed by atoms with van der Waals surface area (Å²) in [5.74, 6) is 1.52. The molecule has 3 nitrogen and oxygen atoms in total. The van der Waals surface area contributed by atoms with E-state index in [9.17, 15) is 0 Å². The van der Waals surface area contributed by atoms with Crippen molar-refractivity contribution in [1.82, 2.24) is 5.32 Å². The Kier molecular flexibility index (Phi) is 6.74. The van der Waals surface area contributed by atoms with Gasteiger partial charge in [0.2, 0.25) is 0 Å². The molecule has 22 heavy (non-hydrogen) atoms. The molecule has 1 N–H and O–H groups in total. The Balaban J connectivity index is 1.92. The molecular weight excluding hydrogens is 342 g/mol. The van der Waals surface area contributed by atoms with Crippen molar-refractivity contribution < 1.29 is 9.47 Å². The Morgan fingerprint density at radius 1 is 1.09 bits per heavy atom. The van der Waals surface area contributed by atoms with Crippen LogP contribution in [0.4, 0.5) is 0 Å². The third-order valence-corrected chi connectivity index (χ3v) is 3.92. The Morgan fingerprint density at radius 3 is 2.55 bits per heavy atom. The summed E-state index contributed by atoms with van der Waals surface area (Å²) < 4.78 is 11.9. The van der Waals surface area contributed by atoms with Crippen LogP contribution in [-0.4, -0.2) is 20.3 Å². The topological polar surface area (TPSA) is 30.5 Å². The SMILES string of the molecule is CCOc1cc(CNCCc2ccccc2)cc(Br)c1OC. The van der Waals surface area contributed by atoms with E-state index in [-0.39, 0.29) is 0 Å². The summed E-state index contributed by atoms with van der Waals surface area (Å²) in [4.78, 5) is 0. The number of hydrogen-bond donors (Lipinski definition) is 1. The quantitative estimate of drug-likeness (QED) is 0.713. The van der Waals surface area contributed by atoms with Crippen LogP contribution in [0.1, 0.15) is 18.1 Å². The van der Waals surface area contributed by atoms with Gasteiger partial charge in [-0.2, -0.15) is 0 Å². The predicted molar refractivity (Wildman–Crippen MR) is 93.7 cm³/mol. The summed E-state index contributed by atoms with van der Waals surface area (Å²) in [6.45, 7) is 4.33. The highest BCUT2D eigenvalue weighted by Gasteiger charge is 2.10. The van der Waals surface area contributed by atoms with Gasteiger partial charge in [-0.1, -0.05) is 30.3 Å². The molecule has 0 saturated carbocycles. The van der Waals surface area contributed by atoms with Gasteiger partial charge in [0.15, 0.2) is 11.5 Å². The predicted octanol–water partition coefficient (Wildman–Crippen LogP) is 4.19. The summed E-state index contributed by atoms with van der Waals surface area (Å²) in [6.07, 6.45) is 1.02. The number of ether oxygens (including phenoxy) is 2. The molecule has 2 aromatic carbocycles. The number of benzene rings is 2. The largest absolute Gasteiger partial charge is 0.492 e. The highest BCUT2D eigenvalue weighted by molar-refractivity contribution is 9.10. The lowest BCUT2D eigenvalue weighted by Crippen LogP contribution is -2.16. The van der Waals surface area contributed by atoms with E-state index >= 15 is 0 Å². The van der Waals surface area contributed by atoms with E-state index in [1.54, 1.807) is 7.11 Å². The first-order valence-electron chi connectivity index (χ1n) is 7.48. The molecular formula is C18H22BrNO2. The highest BCUT2D eigenvalue weighted by atomic mass is 79.9. The van der Waals surface area contributed by atoms with Gasteiger partial charge in [0.25, 0.3) is 0 Å². The molecule has 0 amide bonds. The van der Waals surface area contributed by atoms with E-state index in [1.165, 1.54) is 11.1 Å². The Morgan fingerprint density at radius 2 is 1.86 bits per heavy atom. The standard InChI is InChI=1S/C18H22BrNO2/c1-3-22-17-12-15(11-16(19)18(17)21-2)13-20-10-9-14-7-5-4-6-8-14/h4-8,11-12,20H,3,9-10,13H2,1-2H3. The minimum atomic E-state index is 0.619. The first-order chi connectivity index (χ1) is 10.7. The summed E-state index contributed by atoms with van der Waals surface area (Å²) in [6, 6.07) is 14.6. The van der Waals surface area contributed by atoms with E-state index in [2.05, 4.69) is 51.6 Å². The van der Waals surface area contributed by atoms with Gasteiger partial charge in [-0.25, -0.2) is 0 Å². The normalized spacial score (nSPS) is 10.5. The maximum atomic E-state index is 5.64. The first kappa shape index (κ1) is 16.8. The fraction of sp³-hybridized carbons (Fsp3) is 0.333. The maximum Gasteiger partial charge on any atom is 0.174 e. The molecule has 0 aromatic heterocycles. The van der Waals surface area contributed by atoms with Crippen molar-refractivity contribution in [2.75, 3.05) is 20.3 Å². The maximum absolute atomic E-state index is 5.64. The minimum Gasteiger partial charge on any atom is -0.492 e. The minimum absolute atomic E-state index is 0.619. The van der Waals surface area contributed by atoms with Crippen LogP contribution in [-0.2, 0) is 13.0 Å². The van der Waals surface area contributed by atoms with Crippen LogP contribution in [0, 0.1) is 0 Å². The van der Waals surface area contributed by atoms with Gasteiger partial charge < -0.3 is 14.8 Å². The van der Waals surface area contributed by atoms with Gasteiger partial charge in [0.05, 0.1) is 18.2 Å². The molecule has 2 aromatic rings. The van der Waals surface area contributed by atoms with Crippen molar-refractivity contribution in [1.29, 1.82) is 0 Å². The van der Waals surface area contributed by atoms with Crippen LogP contribution >= 0.6 is 15.9 Å². The van der Waals surface area contributed by atoms with E-state index in [0.717, 1.165) is 35.5 Å². The molecule has 0 fully saturated rings. The van der Waals surface area contributed by atoms with Crippen LogP contribution in [0.2, 0.25) is 0 Å². The van der Waals surface area contributed by atoms with Crippen molar-refractivity contribution in [3.63, 3.8) is 0 Å². The molecule has 0 saturated heterocycles.